The van der Waals surface area contributed by atoms with E-state index in [1.54, 1.807) is 0 Å². The van der Waals surface area contributed by atoms with Gasteiger partial charge in [-0.25, -0.2) is 14.5 Å². The number of oxime groups is 1. The van der Waals surface area contributed by atoms with E-state index in [0.29, 0.717) is 48.9 Å². The number of fused-ring (bicyclic) bond motifs is 1. The average Bonchev–Trinajstić information content (AvgIpc) is 3.64. The number of nitrogens with one attached hydrogen (secondary N) is 1. The highest BCUT2D eigenvalue weighted by atomic mass is 31.2. The second kappa shape index (κ2) is 24.1. The molecule has 1 aliphatic heterocycles. The van der Waals surface area contributed by atoms with Crippen molar-refractivity contribution in [1.82, 2.24) is 14.5 Å². The van der Waals surface area contributed by atoms with Gasteiger partial charge in [-0.15, -0.1) is 0 Å². The number of nitrogens with two attached hydrogens (primary N) is 1. The Hall–Kier alpha value is -2.36. The third kappa shape index (κ3) is 14.8. The first-order valence-electron chi connectivity index (χ1n) is 19.4. The molecule has 0 spiro atoms. The molecule has 3 heterocycles. The summed E-state index contributed by atoms with van der Waals surface area (Å²) in [5, 5.41) is 37.9. The molecule has 1 fully saturated rings. The first-order valence-corrected chi connectivity index (χ1v) is 20.9. The molecule has 3 unspecified atom stereocenters. The molecule has 2 aromatic rings. The van der Waals surface area contributed by atoms with Crippen LogP contribution in [0.3, 0.4) is 0 Å². The molecule has 298 valence electrons. The summed E-state index contributed by atoms with van der Waals surface area (Å²) in [6.45, 7) is 7.53. The molecule has 0 bridgehead atoms. The Kier molecular flexibility index (Phi) is 20.4. The predicted molar refractivity (Wildman–Crippen MR) is 201 cm³/mol. The fraction of sp³-hybridized carbons (Fsp3) is 0.806. The van der Waals surface area contributed by atoms with Gasteiger partial charge in [0.25, 0.3) is 0 Å². The molecule has 0 aromatic carbocycles. The Morgan fingerprint density at radius 1 is 0.942 bits per heavy atom. The van der Waals surface area contributed by atoms with Crippen LogP contribution in [0, 0.1) is 5.92 Å². The van der Waals surface area contributed by atoms with Crippen molar-refractivity contribution in [3.8, 4) is 0 Å². The largest absolute Gasteiger partial charge is 0.472 e. The minimum Gasteiger partial charge on any atom is -0.409 e. The molecule has 0 aliphatic carbocycles. The molecule has 3 rings (SSSR count). The number of aliphatic hydroxyl groups is 2. The van der Waals surface area contributed by atoms with Gasteiger partial charge in [-0.3, -0.25) is 9.05 Å². The number of amidine groups is 1. The van der Waals surface area contributed by atoms with Crippen molar-refractivity contribution < 1.29 is 43.4 Å². The van der Waals surface area contributed by atoms with E-state index in [2.05, 4.69) is 41.2 Å². The van der Waals surface area contributed by atoms with Crippen molar-refractivity contribution in [2.75, 3.05) is 38.3 Å². The normalized spacial score (nSPS) is 20.6. The summed E-state index contributed by atoms with van der Waals surface area (Å²) < 4.78 is 35.7. The number of aliphatic hydroxyl groups excluding tert-OH is 2. The molecule has 7 N–H and O–H groups in total. The Balaban J connectivity index is 1.34. The van der Waals surface area contributed by atoms with Crippen molar-refractivity contribution in [3.63, 3.8) is 0 Å². The van der Waals surface area contributed by atoms with Crippen LogP contribution in [-0.4, -0.2) is 92.0 Å². The number of hydrogen-bond acceptors (Lipinski definition) is 12. The maximum Gasteiger partial charge on any atom is 0.472 e. The van der Waals surface area contributed by atoms with Gasteiger partial charge in [-0.1, -0.05) is 109 Å². The van der Waals surface area contributed by atoms with Crippen LogP contribution in [0.1, 0.15) is 135 Å². The van der Waals surface area contributed by atoms with Crippen LogP contribution in [0.15, 0.2) is 17.7 Å². The lowest BCUT2D eigenvalue weighted by atomic mass is 10.0. The molecule has 16 heteroatoms. The van der Waals surface area contributed by atoms with Crippen LogP contribution < -0.4 is 11.1 Å². The summed E-state index contributed by atoms with van der Waals surface area (Å²) in [7, 11) is -4.48. The lowest BCUT2D eigenvalue weighted by Crippen LogP contribution is -2.33. The number of phosphoric ester groups is 1. The molecule has 0 saturated carbocycles. The predicted octanol–water partition coefficient (Wildman–Crippen LogP) is 6.62. The molecule has 0 amide bonds. The highest BCUT2D eigenvalue weighted by Crippen LogP contribution is 2.45. The smallest absolute Gasteiger partial charge is 0.409 e. The number of aromatic nitrogens is 3. The SMILES string of the molecule is CCCCCCCCCCCCCCCCOCCCOP(=O)(O)OCC1O[C@@H](n2cc(/C(N)=N\O)c3c(NCCC(C)C)ncnc32)[C@H](O)C1O. The molecule has 0 radical (unpaired) electrons. The minimum absolute atomic E-state index is 0.0505. The molecule has 2 aromatic heterocycles. The minimum atomic E-state index is -4.48. The van der Waals surface area contributed by atoms with E-state index < -0.39 is 39.0 Å². The number of phosphoric acid groups is 1. The number of anilines is 1. The Morgan fingerprint density at radius 3 is 2.17 bits per heavy atom. The van der Waals surface area contributed by atoms with Gasteiger partial charge in [0.15, 0.2) is 12.1 Å². The van der Waals surface area contributed by atoms with E-state index in [1.165, 1.54) is 94.1 Å². The molecule has 5 atom stereocenters. The Labute approximate surface area is 309 Å². The molecule has 1 aliphatic rings. The van der Waals surface area contributed by atoms with Gasteiger partial charge in [0.05, 0.1) is 24.2 Å². The Morgan fingerprint density at radius 2 is 1.56 bits per heavy atom. The first-order chi connectivity index (χ1) is 25.1. The second-order valence-electron chi connectivity index (χ2n) is 14.2. The molecule has 1 saturated heterocycles. The van der Waals surface area contributed by atoms with Crippen molar-refractivity contribution in [3.05, 3.63) is 18.1 Å². The van der Waals surface area contributed by atoms with Gasteiger partial charge >= 0.3 is 7.82 Å². The summed E-state index contributed by atoms with van der Waals surface area (Å²) in [5.41, 5.74) is 6.56. The second-order valence-corrected chi connectivity index (χ2v) is 15.6. The fourth-order valence-corrected chi connectivity index (χ4v) is 7.05. The van der Waals surface area contributed by atoms with Gasteiger partial charge in [-0.2, -0.15) is 0 Å². The highest BCUT2D eigenvalue weighted by Gasteiger charge is 2.45. The molecule has 52 heavy (non-hydrogen) atoms. The number of unbranched alkanes of at least 4 members (excludes halogenated alkanes) is 13. The standard InChI is InChI=1S/C36H65N6O9P/c1-4-5-6-7-8-9-10-11-12-13-14-15-16-17-21-48-22-18-23-49-52(46,47)50-25-29-31(43)32(44)36(51-29)42-24-28(33(37)41-45)30-34(38-20-19-27(2)3)39-26-40-35(30)42/h24,26-27,29,31-32,36,43-45H,4-23,25H2,1-3H3,(H2,37,41)(H,46,47)(H,38,39,40)/t29?,31?,32-,36-/m1/s1. The van der Waals surface area contributed by atoms with E-state index in [9.17, 15) is 24.9 Å². The van der Waals surface area contributed by atoms with Crippen molar-refractivity contribution in [2.45, 2.75) is 148 Å². The topological polar surface area (TPSA) is 216 Å². The lowest BCUT2D eigenvalue weighted by Gasteiger charge is -2.18. The number of ether oxygens (including phenoxy) is 2. The van der Waals surface area contributed by atoms with Gasteiger partial charge < -0.3 is 45.4 Å². The summed E-state index contributed by atoms with van der Waals surface area (Å²) in [4.78, 5) is 18.9. The van der Waals surface area contributed by atoms with E-state index >= 15 is 0 Å². The van der Waals surface area contributed by atoms with Gasteiger partial charge in [0.1, 0.15) is 36.1 Å². The monoisotopic (exact) mass is 756 g/mol. The Bertz CT molecular complexity index is 1360. The number of nitrogens with zero attached hydrogens (tertiary/aromatic N) is 4. The number of rotatable bonds is 29. The first kappa shape index (κ1) is 44.0. The fourth-order valence-electron chi connectivity index (χ4n) is 6.28. The number of hydrogen-bond donors (Lipinski definition) is 6. The van der Waals surface area contributed by atoms with E-state index in [-0.39, 0.29) is 18.0 Å². The zero-order valence-corrected chi connectivity index (χ0v) is 32.4. The van der Waals surface area contributed by atoms with Crippen LogP contribution in [0.2, 0.25) is 0 Å². The van der Waals surface area contributed by atoms with Gasteiger partial charge in [-0.05, 0) is 25.2 Å². The summed E-state index contributed by atoms with van der Waals surface area (Å²) >= 11 is 0. The quantitative estimate of drug-likeness (QED) is 0.0129. The van der Waals surface area contributed by atoms with Crippen molar-refractivity contribution in [2.24, 2.45) is 16.8 Å². The maximum atomic E-state index is 12.5. The summed E-state index contributed by atoms with van der Waals surface area (Å²) in [6.07, 6.45) is 17.0. The van der Waals surface area contributed by atoms with Crippen LogP contribution in [0.4, 0.5) is 5.82 Å². The zero-order chi connectivity index (χ0) is 37.8. The van der Waals surface area contributed by atoms with Gasteiger partial charge in [0, 0.05) is 26.0 Å². The van der Waals surface area contributed by atoms with Crippen molar-refractivity contribution in [1.29, 1.82) is 0 Å². The highest BCUT2D eigenvalue weighted by molar-refractivity contribution is 7.47. The molecular formula is C36H65N6O9P. The third-order valence-corrected chi connectivity index (χ3v) is 10.3. The lowest BCUT2D eigenvalue weighted by molar-refractivity contribution is -0.0513. The van der Waals surface area contributed by atoms with Crippen LogP contribution in [-0.2, 0) is 23.1 Å². The van der Waals surface area contributed by atoms with E-state index in [1.807, 2.05) is 0 Å². The van der Waals surface area contributed by atoms with E-state index in [4.69, 9.17) is 24.3 Å². The van der Waals surface area contributed by atoms with E-state index in [0.717, 1.165) is 19.3 Å². The third-order valence-electron chi connectivity index (χ3n) is 9.35. The van der Waals surface area contributed by atoms with Crippen LogP contribution >= 0.6 is 7.82 Å². The van der Waals surface area contributed by atoms with Gasteiger partial charge in [0.2, 0.25) is 0 Å². The summed E-state index contributed by atoms with van der Waals surface area (Å²) in [5.74, 6) is 0.678. The molecular weight excluding hydrogens is 691 g/mol. The maximum absolute atomic E-state index is 12.5. The summed E-state index contributed by atoms with van der Waals surface area (Å²) in [6, 6.07) is 0. The zero-order valence-electron chi connectivity index (χ0n) is 31.5. The molecule has 15 nitrogen and oxygen atoms in total. The van der Waals surface area contributed by atoms with Crippen LogP contribution in [0.25, 0.3) is 11.0 Å². The van der Waals surface area contributed by atoms with Crippen molar-refractivity contribution >= 4 is 30.5 Å². The average molecular weight is 757 g/mol. The van der Waals surface area contributed by atoms with Crippen LogP contribution in [0.5, 0.6) is 0 Å².